The molecule has 0 fully saturated rings. The summed E-state index contributed by atoms with van der Waals surface area (Å²) in [5.41, 5.74) is 1.05. The quantitative estimate of drug-likeness (QED) is 0.575. The van der Waals surface area contributed by atoms with Crippen molar-refractivity contribution in [1.82, 2.24) is 4.57 Å². The van der Waals surface area contributed by atoms with Crippen LogP contribution in [0.4, 0.5) is 0 Å². The lowest BCUT2D eigenvalue weighted by Crippen LogP contribution is -3.00. The fourth-order valence-electron chi connectivity index (χ4n) is 2.48. The minimum absolute atomic E-state index is 0. The third-order valence-corrected chi connectivity index (χ3v) is 4.36. The summed E-state index contributed by atoms with van der Waals surface area (Å²) in [5.74, 6) is 0.685. The summed E-state index contributed by atoms with van der Waals surface area (Å²) in [4.78, 5) is 0. The number of aliphatic hydroxyl groups is 1. The van der Waals surface area contributed by atoms with E-state index >= 15 is 0 Å². The number of rotatable bonds is 7. The second-order valence-corrected chi connectivity index (χ2v) is 6.64. The number of ether oxygens (including phenoxy) is 1. The van der Waals surface area contributed by atoms with E-state index in [4.69, 9.17) is 27.9 Å². The zero-order valence-electron chi connectivity index (χ0n) is 13.9. The minimum Gasteiger partial charge on any atom is -1.00 e. The van der Waals surface area contributed by atoms with Crippen molar-refractivity contribution < 1.29 is 26.8 Å². The topological polar surface area (TPSA) is 38.3 Å². The van der Waals surface area contributed by atoms with Crippen LogP contribution in [0, 0.1) is 0 Å². The number of aromatic nitrogens is 2. The van der Waals surface area contributed by atoms with Crippen LogP contribution < -0.4 is 21.7 Å². The molecular weight excluding hydrogens is 395 g/mol. The highest BCUT2D eigenvalue weighted by atomic mass is 35.5. The van der Waals surface area contributed by atoms with Gasteiger partial charge >= 0.3 is 0 Å². The Morgan fingerprint density at radius 2 is 1.81 bits per heavy atom. The van der Waals surface area contributed by atoms with E-state index in [1.807, 2.05) is 52.1 Å². The number of hydrogen-bond donors (Lipinski definition) is 1. The van der Waals surface area contributed by atoms with Crippen LogP contribution in [0.2, 0.25) is 10.0 Å². The van der Waals surface area contributed by atoms with Gasteiger partial charge in [-0.1, -0.05) is 41.4 Å². The molecule has 0 saturated carbocycles. The lowest BCUT2D eigenvalue weighted by atomic mass is 10.2. The molecule has 0 saturated heterocycles. The van der Waals surface area contributed by atoms with Gasteiger partial charge in [-0.3, -0.25) is 0 Å². The fraction of sp³-hybridized carbons (Fsp3) is 0.211. The molecule has 138 valence electrons. The summed E-state index contributed by atoms with van der Waals surface area (Å²) in [7, 11) is 0. The van der Waals surface area contributed by atoms with E-state index in [1.54, 1.807) is 24.3 Å². The Bertz CT molecular complexity index is 822. The fourth-order valence-corrected chi connectivity index (χ4v) is 2.80. The molecule has 0 spiro atoms. The summed E-state index contributed by atoms with van der Waals surface area (Å²) in [6.07, 6.45) is 5.20. The Balaban J connectivity index is 0.00000243. The molecule has 0 radical (unpaired) electrons. The minimum atomic E-state index is -0.614. The van der Waals surface area contributed by atoms with Crippen LogP contribution >= 0.6 is 23.2 Å². The van der Waals surface area contributed by atoms with Gasteiger partial charge < -0.3 is 22.3 Å². The lowest BCUT2D eigenvalue weighted by molar-refractivity contribution is -0.687. The van der Waals surface area contributed by atoms with Crippen molar-refractivity contribution in [2.75, 3.05) is 6.61 Å². The van der Waals surface area contributed by atoms with Crippen molar-refractivity contribution in [3.63, 3.8) is 0 Å². The first-order valence-corrected chi connectivity index (χ1v) is 8.70. The summed E-state index contributed by atoms with van der Waals surface area (Å²) < 4.78 is 9.51. The molecule has 0 aliphatic rings. The number of halogens is 3. The van der Waals surface area contributed by atoms with Crippen LogP contribution in [0.5, 0.6) is 5.75 Å². The summed E-state index contributed by atoms with van der Waals surface area (Å²) in [6, 6.07) is 14.8. The second-order valence-electron chi connectivity index (χ2n) is 5.79. The molecule has 3 aromatic rings. The Morgan fingerprint density at radius 3 is 2.54 bits per heavy atom. The van der Waals surface area contributed by atoms with Crippen LogP contribution in [-0.2, 0) is 13.1 Å². The molecule has 1 aromatic heterocycles. The van der Waals surface area contributed by atoms with Gasteiger partial charge in [0.2, 0.25) is 6.33 Å². The first-order valence-electron chi connectivity index (χ1n) is 7.95. The Morgan fingerprint density at radius 1 is 1.08 bits per heavy atom. The van der Waals surface area contributed by atoms with Gasteiger partial charge in [0.15, 0.2) is 0 Å². The van der Waals surface area contributed by atoms with Gasteiger partial charge in [0, 0.05) is 15.6 Å². The van der Waals surface area contributed by atoms with E-state index in [2.05, 4.69) is 0 Å². The average Bonchev–Trinajstić information content (AvgIpc) is 3.03. The molecule has 3 rings (SSSR count). The van der Waals surface area contributed by atoms with E-state index in [0.717, 1.165) is 10.6 Å². The predicted octanol–water partition coefficient (Wildman–Crippen LogP) is 0.575. The molecule has 0 bridgehead atoms. The molecule has 1 N–H and O–H groups in total. The summed E-state index contributed by atoms with van der Waals surface area (Å²) >= 11 is 12.0. The molecule has 7 heteroatoms. The highest BCUT2D eigenvalue weighted by Gasteiger charge is 2.12. The van der Waals surface area contributed by atoms with Gasteiger partial charge in [-0.2, -0.15) is 0 Å². The van der Waals surface area contributed by atoms with Crippen molar-refractivity contribution in [1.29, 1.82) is 0 Å². The standard InChI is InChI=1S/C19H19Cl2N2O2.ClH/c20-16-5-7-18(8-6-16)25-13-17(24)12-23-10-9-22(14-23)11-15-3-1-2-4-19(15)21;/h1-10,14,17,24H,11-13H2;1H/q+1;/p-1. The number of aliphatic hydroxyl groups excluding tert-OH is 1. The number of benzene rings is 2. The van der Waals surface area contributed by atoms with Gasteiger partial charge in [0.1, 0.15) is 43.9 Å². The largest absolute Gasteiger partial charge is 1.00 e. The molecule has 1 atom stereocenters. The molecule has 2 aromatic carbocycles. The molecular formula is C19H19Cl3N2O2. The zero-order valence-corrected chi connectivity index (χ0v) is 16.2. The molecule has 0 aliphatic heterocycles. The van der Waals surface area contributed by atoms with Crippen molar-refractivity contribution in [3.8, 4) is 5.75 Å². The maximum absolute atomic E-state index is 10.2. The maximum atomic E-state index is 10.2. The van der Waals surface area contributed by atoms with E-state index in [0.29, 0.717) is 23.9 Å². The average molecular weight is 414 g/mol. The van der Waals surface area contributed by atoms with Gasteiger partial charge in [0.05, 0.1) is 0 Å². The normalized spacial score (nSPS) is 11.7. The van der Waals surface area contributed by atoms with Gasteiger partial charge in [-0.05, 0) is 30.3 Å². The van der Waals surface area contributed by atoms with Crippen LogP contribution in [0.1, 0.15) is 5.56 Å². The Kier molecular flexibility index (Phi) is 7.79. The highest BCUT2D eigenvalue weighted by molar-refractivity contribution is 6.31. The Hall–Kier alpha value is -1.72. The summed E-state index contributed by atoms with van der Waals surface area (Å²) in [6.45, 7) is 1.34. The van der Waals surface area contributed by atoms with E-state index < -0.39 is 6.10 Å². The van der Waals surface area contributed by atoms with Crippen LogP contribution in [-0.4, -0.2) is 22.4 Å². The first-order chi connectivity index (χ1) is 12.1. The monoisotopic (exact) mass is 412 g/mol. The highest BCUT2D eigenvalue weighted by Crippen LogP contribution is 2.16. The van der Waals surface area contributed by atoms with Crippen molar-refractivity contribution in [2.24, 2.45) is 0 Å². The molecule has 1 unspecified atom stereocenters. The van der Waals surface area contributed by atoms with Gasteiger partial charge in [0.25, 0.3) is 0 Å². The number of imidazole rings is 1. The Labute approximate surface area is 169 Å². The number of nitrogens with zero attached hydrogens (tertiary/aromatic N) is 2. The predicted molar refractivity (Wildman–Crippen MR) is 98.1 cm³/mol. The van der Waals surface area contributed by atoms with Crippen molar-refractivity contribution in [3.05, 3.63) is 82.9 Å². The van der Waals surface area contributed by atoms with Crippen molar-refractivity contribution in [2.45, 2.75) is 19.2 Å². The molecule has 4 nitrogen and oxygen atoms in total. The van der Waals surface area contributed by atoms with Crippen LogP contribution in [0.15, 0.2) is 67.3 Å². The molecule has 26 heavy (non-hydrogen) atoms. The molecule has 1 heterocycles. The van der Waals surface area contributed by atoms with E-state index in [-0.39, 0.29) is 19.0 Å². The van der Waals surface area contributed by atoms with Crippen LogP contribution in [0.25, 0.3) is 0 Å². The van der Waals surface area contributed by atoms with Crippen molar-refractivity contribution >= 4 is 23.2 Å². The number of hydrogen-bond acceptors (Lipinski definition) is 2. The summed E-state index contributed by atoms with van der Waals surface area (Å²) in [5, 5.41) is 11.6. The molecule has 0 amide bonds. The zero-order chi connectivity index (χ0) is 17.6. The second kappa shape index (κ2) is 9.83. The lowest BCUT2D eigenvalue weighted by Gasteiger charge is -2.10. The van der Waals surface area contributed by atoms with Crippen LogP contribution in [0.3, 0.4) is 0 Å². The van der Waals surface area contributed by atoms with Gasteiger partial charge in [-0.15, -0.1) is 0 Å². The third kappa shape index (κ3) is 5.92. The SMILES string of the molecule is OC(COc1ccc(Cl)cc1)Cn1cc[n+](Cc2ccccc2Cl)c1.[Cl-]. The smallest absolute Gasteiger partial charge is 0.244 e. The first kappa shape index (κ1) is 20.6. The molecule has 0 aliphatic carbocycles. The van der Waals surface area contributed by atoms with Gasteiger partial charge in [-0.25, -0.2) is 9.13 Å². The maximum Gasteiger partial charge on any atom is 0.244 e. The van der Waals surface area contributed by atoms with E-state index in [1.165, 1.54) is 0 Å². The van der Waals surface area contributed by atoms with E-state index in [9.17, 15) is 5.11 Å². The third-order valence-electron chi connectivity index (χ3n) is 3.73.